The summed E-state index contributed by atoms with van der Waals surface area (Å²) in [5.74, 6) is 0. The molecule has 17 heavy (non-hydrogen) atoms. The van der Waals surface area contributed by atoms with Crippen LogP contribution in [0.5, 0.6) is 0 Å². The monoisotopic (exact) mass is 228 g/mol. The molecule has 1 heterocycles. The summed E-state index contributed by atoms with van der Waals surface area (Å²) >= 11 is 0. The van der Waals surface area contributed by atoms with Gasteiger partial charge < -0.3 is 10.3 Å². The number of aromatic nitrogens is 1. The lowest BCUT2D eigenvalue weighted by Gasteiger charge is -2.12. The Morgan fingerprint density at radius 2 is 1.82 bits per heavy atom. The van der Waals surface area contributed by atoms with Crippen LogP contribution in [0.4, 0.5) is 5.69 Å². The zero-order valence-corrected chi connectivity index (χ0v) is 10.1. The minimum absolute atomic E-state index is 0.0202. The van der Waals surface area contributed by atoms with Gasteiger partial charge in [0.1, 0.15) is 0 Å². The third-order valence-corrected chi connectivity index (χ3v) is 3.08. The Morgan fingerprint density at radius 3 is 2.53 bits per heavy atom. The van der Waals surface area contributed by atoms with Gasteiger partial charge in [0.25, 0.3) is 5.56 Å². The van der Waals surface area contributed by atoms with Gasteiger partial charge in [-0.05, 0) is 37.1 Å². The van der Waals surface area contributed by atoms with Crippen molar-refractivity contribution >= 4 is 5.69 Å². The number of anilines is 1. The molecule has 2 aromatic rings. The third kappa shape index (κ3) is 2.23. The number of hydrogen-bond acceptors (Lipinski definition) is 2. The second-order valence-electron chi connectivity index (χ2n) is 4.22. The van der Waals surface area contributed by atoms with Gasteiger partial charge in [-0.25, -0.2) is 0 Å². The normalized spacial score (nSPS) is 10.5. The second-order valence-corrected chi connectivity index (χ2v) is 4.22. The molecule has 88 valence electrons. The van der Waals surface area contributed by atoms with Crippen molar-refractivity contribution in [2.24, 2.45) is 0 Å². The van der Waals surface area contributed by atoms with Gasteiger partial charge in [0.2, 0.25) is 0 Å². The Kier molecular flexibility index (Phi) is 3.00. The molecule has 0 saturated heterocycles. The van der Waals surface area contributed by atoms with Crippen molar-refractivity contribution < 1.29 is 0 Å². The molecule has 0 aliphatic rings. The van der Waals surface area contributed by atoms with Crippen molar-refractivity contribution in [2.45, 2.75) is 20.4 Å². The summed E-state index contributed by atoms with van der Waals surface area (Å²) < 4.78 is 1.75. The third-order valence-electron chi connectivity index (χ3n) is 3.08. The van der Waals surface area contributed by atoms with E-state index in [2.05, 4.69) is 0 Å². The second kappa shape index (κ2) is 4.45. The lowest BCUT2D eigenvalue weighted by Crippen LogP contribution is -2.21. The Hall–Kier alpha value is -2.03. The van der Waals surface area contributed by atoms with E-state index in [9.17, 15) is 4.79 Å². The predicted octanol–water partition coefficient (Wildman–Crippen LogP) is 2.10. The zero-order valence-electron chi connectivity index (χ0n) is 10.1. The van der Waals surface area contributed by atoms with E-state index >= 15 is 0 Å². The highest BCUT2D eigenvalue weighted by Crippen LogP contribution is 2.16. The van der Waals surface area contributed by atoms with Crippen LogP contribution in [0.2, 0.25) is 0 Å². The van der Waals surface area contributed by atoms with Crippen LogP contribution in [0.1, 0.15) is 16.8 Å². The number of nitrogen functional groups attached to an aromatic ring is 1. The fraction of sp³-hybridized carbons (Fsp3) is 0.214. The van der Waals surface area contributed by atoms with Crippen LogP contribution in [0, 0.1) is 13.8 Å². The van der Waals surface area contributed by atoms with Crippen molar-refractivity contribution in [1.29, 1.82) is 0 Å². The zero-order chi connectivity index (χ0) is 12.4. The molecule has 0 aliphatic heterocycles. The summed E-state index contributed by atoms with van der Waals surface area (Å²) in [5, 5.41) is 0. The maximum absolute atomic E-state index is 11.8. The first kappa shape index (κ1) is 11.5. The van der Waals surface area contributed by atoms with Gasteiger partial charge in [-0.2, -0.15) is 0 Å². The summed E-state index contributed by atoms with van der Waals surface area (Å²) in [5.41, 5.74) is 9.74. The molecule has 3 heteroatoms. The first-order valence-corrected chi connectivity index (χ1v) is 5.60. The molecule has 0 spiro atoms. The minimum atomic E-state index is 0.0202. The topological polar surface area (TPSA) is 48.0 Å². The molecule has 0 saturated carbocycles. The van der Waals surface area contributed by atoms with Crippen molar-refractivity contribution in [2.75, 3.05) is 5.73 Å². The average Bonchev–Trinajstić information content (AvgIpc) is 2.29. The first-order chi connectivity index (χ1) is 8.09. The van der Waals surface area contributed by atoms with Crippen LogP contribution in [-0.2, 0) is 6.54 Å². The van der Waals surface area contributed by atoms with Crippen LogP contribution in [0.3, 0.4) is 0 Å². The molecule has 2 rings (SSSR count). The number of nitrogens with two attached hydrogens (primary N) is 1. The van der Waals surface area contributed by atoms with E-state index in [0.717, 1.165) is 22.5 Å². The van der Waals surface area contributed by atoms with Crippen LogP contribution < -0.4 is 11.3 Å². The van der Waals surface area contributed by atoms with E-state index in [0.29, 0.717) is 6.54 Å². The highest BCUT2D eigenvalue weighted by Gasteiger charge is 2.04. The van der Waals surface area contributed by atoms with Gasteiger partial charge in [-0.3, -0.25) is 4.79 Å². The summed E-state index contributed by atoms with van der Waals surface area (Å²) in [6.45, 7) is 4.49. The largest absolute Gasteiger partial charge is 0.399 e. The van der Waals surface area contributed by atoms with Gasteiger partial charge in [0.05, 0.1) is 6.54 Å². The minimum Gasteiger partial charge on any atom is -0.399 e. The van der Waals surface area contributed by atoms with Crippen molar-refractivity contribution in [1.82, 2.24) is 4.57 Å². The smallest absolute Gasteiger partial charge is 0.251 e. The van der Waals surface area contributed by atoms with Gasteiger partial charge in [-0.15, -0.1) is 0 Å². The van der Waals surface area contributed by atoms with E-state index < -0.39 is 0 Å². The number of pyridine rings is 1. The van der Waals surface area contributed by atoms with Crippen LogP contribution >= 0.6 is 0 Å². The molecule has 2 N–H and O–H groups in total. The first-order valence-electron chi connectivity index (χ1n) is 5.60. The van der Waals surface area contributed by atoms with E-state index in [1.165, 1.54) is 0 Å². The van der Waals surface area contributed by atoms with Crippen molar-refractivity contribution in [3.05, 3.63) is 63.6 Å². The Morgan fingerprint density at radius 1 is 1.12 bits per heavy atom. The molecule has 0 bridgehead atoms. The highest BCUT2D eigenvalue weighted by atomic mass is 16.1. The Balaban J connectivity index is 2.45. The number of nitrogens with zero attached hydrogens (tertiary/aromatic N) is 1. The molecule has 3 nitrogen and oxygen atoms in total. The molecule has 1 aromatic heterocycles. The van der Waals surface area contributed by atoms with Crippen LogP contribution in [0.15, 0.2) is 41.2 Å². The number of aryl methyl sites for hydroxylation is 1. The van der Waals surface area contributed by atoms with E-state index in [1.54, 1.807) is 16.7 Å². The lowest BCUT2D eigenvalue weighted by atomic mass is 10.1. The molecule has 0 unspecified atom stereocenters. The maximum atomic E-state index is 11.8. The number of hydrogen-bond donors (Lipinski definition) is 1. The highest BCUT2D eigenvalue weighted by molar-refractivity contribution is 5.50. The summed E-state index contributed by atoms with van der Waals surface area (Å²) in [6, 6.07) is 11.1. The predicted molar refractivity (Wildman–Crippen MR) is 70.1 cm³/mol. The number of rotatable bonds is 2. The van der Waals surface area contributed by atoms with E-state index in [1.807, 2.05) is 38.1 Å². The fourth-order valence-electron chi connectivity index (χ4n) is 1.87. The summed E-state index contributed by atoms with van der Waals surface area (Å²) in [6.07, 6.45) is 0. The van der Waals surface area contributed by atoms with Gasteiger partial charge in [0.15, 0.2) is 0 Å². The van der Waals surface area contributed by atoms with Gasteiger partial charge in [0, 0.05) is 17.4 Å². The molecular weight excluding hydrogens is 212 g/mol. The maximum Gasteiger partial charge on any atom is 0.251 e. The standard InChI is InChI=1S/C14H16N2O/c1-10-5-3-8-14(17)16(10)9-12-6-4-7-13(15)11(12)2/h3-8H,9,15H2,1-2H3. The van der Waals surface area contributed by atoms with E-state index in [-0.39, 0.29) is 5.56 Å². The summed E-state index contributed by atoms with van der Waals surface area (Å²) in [7, 11) is 0. The molecule has 0 radical (unpaired) electrons. The van der Waals surface area contributed by atoms with Crippen molar-refractivity contribution in [3.8, 4) is 0 Å². The number of benzene rings is 1. The fourth-order valence-corrected chi connectivity index (χ4v) is 1.87. The van der Waals surface area contributed by atoms with Crippen LogP contribution in [0.25, 0.3) is 0 Å². The SMILES string of the molecule is Cc1c(N)cccc1Cn1c(C)cccc1=O. The average molecular weight is 228 g/mol. The molecule has 0 amide bonds. The van der Waals surface area contributed by atoms with E-state index in [4.69, 9.17) is 5.73 Å². The Bertz CT molecular complexity index is 599. The van der Waals surface area contributed by atoms with Gasteiger partial charge in [-0.1, -0.05) is 18.2 Å². The molecule has 0 fully saturated rings. The molecular formula is C14H16N2O. The quantitative estimate of drug-likeness (QED) is 0.800. The van der Waals surface area contributed by atoms with Crippen LogP contribution in [-0.4, -0.2) is 4.57 Å². The van der Waals surface area contributed by atoms with Gasteiger partial charge >= 0.3 is 0 Å². The Labute approximate surface area is 101 Å². The molecule has 0 atom stereocenters. The van der Waals surface area contributed by atoms with Crippen molar-refractivity contribution in [3.63, 3.8) is 0 Å². The molecule has 1 aromatic carbocycles. The molecule has 0 aliphatic carbocycles. The lowest BCUT2D eigenvalue weighted by molar-refractivity contribution is 0.727. The summed E-state index contributed by atoms with van der Waals surface area (Å²) in [4.78, 5) is 11.8.